The molecule has 18 heteroatoms. The number of ether oxygens (including phenoxy) is 4. The van der Waals surface area contributed by atoms with Crippen LogP contribution in [0.2, 0.25) is 50.4 Å². The summed E-state index contributed by atoms with van der Waals surface area (Å²) in [5.41, 5.74) is 12.8. The molecule has 0 bridgehead atoms. The van der Waals surface area contributed by atoms with Crippen molar-refractivity contribution in [3.63, 3.8) is 0 Å². The number of hydrogen-bond acceptors (Lipinski definition) is 14. The number of anilines is 2. The normalized spacial score (nSPS) is 11.7. The average Bonchev–Trinajstić information content (AvgIpc) is 3.23. The number of methoxy groups -OCH3 is 2. The molecule has 2 rings (SSSR count). The molecule has 62 heavy (non-hydrogen) atoms. The maximum Gasteiger partial charge on any atom is 0.501 e. The molecule has 0 atom stereocenters. The lowest BCUT2D eigenvalue weighted by Gasteiger charge is -2.28. The minimum absolute atomic E-state index is 0.589. The molecule has 0 amide bonds. The van der Waals surface area contributed by atoms with E-state index in [0.29, 0.717) is 51.9 Å². The van der Waals surface area contributed by atoms with Crippen molar-refractivity contribution in [1.82, 2.24) is 0 Å². The molecule has 0 spiro atoms. The molecule has 0 heterocycles. The van der Waals surface area contributed by atoms with Gasteiger partial charge in [-0.3, -0.25) is 0 Å². The van der Waals surface area contributed by atoms with Gasteiger partial charge in [-0.15, -0.1) is 0 Å². The highest BCUT2D eigenvalue weighted by molar-refractivity contribution is 6.71. The molecule has 0 saturated carbocycles. The quantitative estimate of drug-likeness (QED) is 0.0405. The second-order valence-corrected chi connectivity index (χ2v) is 29.5. The largest absolute Gasteiger partial charge is 0.501 e. The first-order chi connectivity index (χ1) is 29.6. The molecule has 0 radical (unpaired) electrons. The molecule has 2 aromatic carbocycles. The maximum atomic E-state index is 5.80. The summed E-state index contributed by atoms with van der Waals surface area (Å²) in [6, 6.07) is 18.9. The molecule has 0 fully saturated rings. The predicted octanol–water partition coefficient (Wildman–Crippen LogP) is 9.92. The van der Waals surface area contributed by atoms with Crippen LogP contribution in [0.5, 0.6) is 11.5 Å². The molecule has 4 N–H and O–H groups in total. The zero-order valence-corrected chi connectivity index (χ0v) is 45.4. The van der Waals surface area contributed by atoms with Gasteiger partial charge in [0.05, 0.1) is 13.2 Å². The van der Waals surface area contributed by atoms with E-state index in [2.05, 4.69) is 26.2 Å². The minimum atomic E-state index is -2.55. The third-order valence-electron chi connectivity index (χ3n) is 9.05. The Morgan fingerprint density at radius 1 is 0.419 bits per heavy atom. The number of nitrogens with two attached hydrogens (primary N) is 2. The van der Waals surface area contributed by atoms with E-state index in [1.54, 1.807) is 28.4 Å². The molecule has 0 aromatic heterocycles. The molecule has 0 aliphatic heterocycles. The van der Waals surface area contributed by atoms with Crippen LogP contribution in [0.25, 0.3) is 0 Å². The van der Waals surface area contributed by atoms with Crippen LogP contribution in [-0.4, -0.2) is 129 Å². The topological polar surface area (TPSA) is 163 Å². The summed E-state index contributed by atoms with van der Waals surface area (Å²) in [5, 5.41) is 0. The highest BCUT2D eigenvalue weighted by atomic mass is 28.4. The van der Waals surface area contributed by atoms with Gasteiger partial charge in [0.15, 0.2) is 16.6 Å². The number of nitrogen functional groups attached to an aromatic ring is 2. The minimum Gasteiger partial charge on any atom is -0.494 e. The van der Waals surface area contributed by atoms with Crippen LogP contribution in [0.15, 0.2) is 48.5 Å². The maximum absolute atomic E-state index is 5.80. The smallest absolute Gasteiger partial charge is 0.494 e. The summed E-state index contributed by atoms with van der Waals surface area (Å²) >= 11 is 0. The van der Waals surface area contributed by atoms with E-state index in [4.69, 9.17) is 65.8 Å². The van der Waals surface area contributed by atoms with Gasteiger partial charge >= 0.3 is 17.6 Å². The Morgan fingerprint density at radius 3 is 0.984 bits per heavy atom. The summed E-state index contributed by atoms with van der Waals surface area (Å²) in [5.74, 6) is 1.63. The van der Waals surface area contributed by atoms with Crippen molar-refractivity contribution in [3.05, 3.63) is 48.5 Å². The SMILES string of the molecule is CCO[Si](CCCOC)(OCC)OCC.CCO[Si](CCCOc1cccc(N)c1)(OCC)OCC.COCCC[Si](C)(C)OC.CO[Si](C)(C)CCCOc1cccc(N)c1. The molecule has 0 aliphatic carbocycles. The Bertz CT molecular complexity index is 1290. The summed E-state index contributed by atoms with van der Waals surface area (Å²) in [6.07, 6.45) is 3.90. The molecular formula is C44H90N2O12Si4. The first kappa shape index (κ1) is 62.2. The molecule has 0 unspecified atom stereocenters. The van der Waals surface area contributed by atoms with Crippen LogP contribution in [0.3, 0.4) is 0 Å². The summed E-state index contributed by atoms with van der Waals surface area (Å²) in [6.45, 7) is 27.3. The number of rotatable bonds is 32. The van der Waals surface area contributed by atoms with Crippen LogP contribution in [0, 0.1) is 0 Å². The van der Waals surface area contributed by atoms with Crippen molar-refractivity contribution in [1.29, 1.82) is 0 Å². The third kappa shape index (κ3) is 32.7. The monoisotopic (exact) mass is 951 g/mol. The lowest BCUT2D eigenvalue weighted by Crippen LogP contribution is -2.46. The lowest BCUT2D eigenvalue weighted by atomic mass is 10.3. The van der Waals surface area contributed by atoms with Crippen molar-refractivity contribution in [2.75, 3.05) is 106 Å². The van der Waals surface area contributed by atoms with Gasteiger partial charge in [0.2, 0.25) is 0 Å². The van der Waals surface area contributed by atoms with E-state index >= 15 is 0 Å². The molecule has 0 saturated heterocycles. The van der Waals surface area contributed by atoms with Gasteiger partial charge in [-0.25, -0.2) is 0 Å². The molecule has 14 nitrogen and oxygen atoms in total. The van der Waals surface area contributed by atoms with Gasteiger partial charge in [-0.1, -0.05) is 12.1 Å². The summed E-state index contributed by atoms with van der Waals surface area (Å²) < 4.78 is 66.6. The van der Waals surface area contributed by atoms with Gasteiger partial charge in [0.25, 0.3) is 0 Å². The lowest BCUT2D eigenvalue weighted by molar-refractivity contribution is 0.0679. The fourth-order valence-corrected chi connectivity index (χ4v) is 13.2. The fraction of sp³-hybridized carbons (Fsp3) is 0.727. The van der Waals surface area contributed by atoms with Crippen LogP contribution in [0.1, 0.15) is 67.2 Å². The summed E-state index contributed by atoms with van der Waals surface area (Å²) in [4.78, 5) is 0. The second-order valence-electron chi connectivity index (χ2n) is 15.1. The molecular weight excluding hydrogens is 861 g/mol. The summed E-state index contributed by atoms with van der Waals surface area (Å²) in [7, 11) is -0.649. The second kappa shape index (κ2) is 38.4. The first-order valence-corrected chi connectivity index (χ1v) is 32.5. The predicted molar refractivity (Wildman–Crippen MR) is 264 cm³/mol. The zero-order chi connectivity index (χ0) is 47.2. The van der Waals surface area contributed by atoms with E-state index in [1.807, 2.05) is 90.1 Å². The molecule has 364 valence electrons. The van der Waals surface area contributed by atoms with E-state index in [0.717, 1.165) is 80.8 Å². The Hall–Kier alpha value is -1.89. The van der Waals surface area contributed by atoms with Crippen LogP contribution >= 0.6 is 0 Å². The van der Waals surface area contributed by atoms with E-state index in [1.165, 1.54) is 6.04 Å². The molecule has 0 aliphatic rings. The van der Waals surface area contributed by atoms with Crippen LogP contribution < -0.4 is 20.9 Å². The third-order valence-corrected chi connectivity index (χ3v) is 20.7. The Kier molecular flexibility index (Phi) is 38.5. The van der Waals surface area contributed by atoms with E-state index < -0.39 is 34.2 Å². The number of benzene rings is 2. The Balaban J connectivity index is 0. The van der Waals surface area contributed by atoms with Crippen molar-refractivity contribution >= 4 is 45.6 Å². The Labute approximate surface area is 382 Å². The van der Waals surface area contributed by atoms with Crippen molar-refractivity contribution in [3.8, 4) is 11.5 Å². The Morgan fingerprint density at radius 2 is 0.710 bits per heavy atom. The van der Waals surface area contributed by atoms with Gasteiger partial charge < -0.3 is 65.8 Å². The fourth-order valence-electron chi connectivity index (χ4n) is 5.66. The first-order valence-electron chi connectivity index (χ1n) is 22.4. The van der Waals surface area contributed by atoms with Crippen molar-refractivity contribution in [2.24, 2.45) is 0 Å². The van der Waals surface area contributed by atoms with Crippen LogP contribution in [-0.2, 0) is 44.9 Å². The highest BCUT2D eigenvalue weighted by Crippen LogP contribution is 2.21. The standard InChI is InChI=1S/C15H27NO4Si.C12H21NO2Si.C10H24O4Si.C7H18O2Si/c1-4-18-21(19-5-2,20-6-3)12-8-11-17-15-10-7-9-14(16)13-15;1-14-16(2,3)9-5-8-15-12-7-4-6-11(13)10-12;1-5-12-15(13-6-2,14-7-3)10-8-9-11-4;1-8-6-5-7-10(3,4)9-2/h7,9-10,13H,4-6,8,11-12,16H2,1-3H3;4,6-7,10H,5,8-9,13H2,1-3H3;5-10H2,1-4H3;5-7H2,1-4H3. The van der Waals surface area contributed by atoms with E-state index in [9.17, 15) is 0 Å². The molecule has 2 aromatic rings. The highest BCUT2D eigenvalue weighted by Gasteiger charge is 2.40. The van der Waals surface area contributed by atoms with Gasteiger partial charge in [0, 0.05) is 117 Å². The van der Waals surface area contributed by atoms with Crippen LogP contribution in [0.4, 0.5) is 11.4 Å². The van der Waals surface area contributed by atoms with E-state index in [-0.39, 0.29) is 0 Å². The van der Waals surface area contributed by atoms with Gasteiger partial charge in [-0.2, -0.15) is 0 Å². The number of hydrogen-bond donors (Lipinski definition) is 2. The van der Waals surface area contributed by atoms with Gasteiger partial charge in [-0.05, 0) is 130 Å². The van der Waals surface area contributed by atoms with Crippen molar-refractivity contribution < 1.29 is 54.4 Å². The van der Waals surface area contributed by atoms with Gasteiger partial charge in [0.1, 0.15) is 11.5 Å². The zero-order valence-electron chi connectivity index (χ0n) is 41.4. The average molecular weight is 952 g/mol. The van der Waals surface area contributed by atoms with Crippen molar-refractivity contribution in [2.45, 2.75) is 118 Å².